The molecule has 2 rings (SSSR count). The Morgan fingerprint density at radius 2 is 1.80 bits per heavy atom. The molecule has 4 nitrogen and oxygen atoms in total. The number of hydrogen-bond acceptors (Lipinski definition) is 3. The Balaban J connectivity index is 2.13. The van der Waals surface area contributed by atoms with Crippen LogP contribution in [-0.2, 0) is 4.79 Å². The van der Waals surface area contributed by atoms with Gasteiger partial charge in [0.15, 0.2) is 0 Å². The predicted octanol–water partition coefficient (Wildman–Crippen LogP) is 3.29. The van der Waals surface area contributed by atoms with Gasteiger partial charge in [0, 0.05) is 5.02 Å². The van der Waals surface area contributed by atoms with Crippen LogP contribution in [0.5, 0.6) is 11.5 Å². The van der Waals surface area contributed by atoms with Gasteiger partial charge in [0.2, 0.25) is 0 Å². The molecule has 0 spiro atoms. The second kappa shape index (κ2) is 6.30. The summed E-state index contributed by atoms with van der Waals surface area (Å²) in [5.74, 6) is -1.24. The van der Waals surface area contributed by atoms with E-state index in [1.807, 2.05) is 0 Å². The lowest BCUT2D eigenvalue weighted by Gasteiger charge is -2.15. The average Bonchev–Trinajstić information content (AvgIpc) is 2.42. The maximum Gasteiger partial charge on any atom is 0.314 e. The minimum atomic E-state index is -1.00. The zero-order valence-electron chi connectivity index (χ0n) is 10.5. The summed E-state index contributed by atoms with van der Waals surface area (Å²) in [5, 5.41) is 18.9. The highest BCUT2D eigenvalue weighted by molar-refractivity contribution is 6.31. The van der Waals surface area contributed by atoms with Crippen LogP contribution in [0.2, 0.25) is 5.02 Å². The summed E-state index contributed by atoms with van der Waals surface area (Å²) in [5.41, 5.74) is 0.514. The van der Waals surface area contributed by atoms with Crippen molar-refractivity contribution < 1.29 is 19.7 Å². The zero-order chi connectivity index (χ0) is 14.5. The minimum absolute atomic E-state index is 0.0379. The van der Waals surface area contributed by atoms with Gasteiger partial charge in [-0.05, 0) is 35.9 Å². The molecule has 0 bridgehead atoms. The van der Waals surface area contributed by atoms with Crippen molar-refractivity contribution in [2.45, 2.75) is 5.92 Å². The van der Waals surface area contributed by atoms with Crippen molar-refractivity contribution in [1.82, 2.24) is 0 Å². The highest BCUT2D eigenvalue weighted by Gasteiger charge is 2.23. The summed E-state index contributed by atoms with van der Waals surface area (Å²) in [6, 6.07) is 12.9. The molecule has 0 heterocycles. The molecule has 0 radical (unpaired) electrons. The van der Waals surface area contributed by atoms with Crippen LogP contribution in [0.4, 0.5) is 0 Å². The minimum Gasteiger partial charge on any atom is -0.508 e. The topological polar surface area (TPSA) is 66.8 Å². The molecule has 0 fully saturated rings. The van der Waals surface area contributed by atoms with Gasteiger partial charge in [-0.1, -0.05) is 29.8 Å². The molecule has 2 aromatic carbocycles. The van der Waals surface area contributed by atoms with E-state index in [2.05, 4.69) is 0 Å². The molecule has 0 aromatic heterocycles. The third-order valence-electron chi connectivity index (χ3n) is 2.83. The average molecular weight is 293 g/mol. The van der Waals surface area contributed by atoms with Crippen LogP contribution < -0.4 is 4.74 Å². The molecule has 0 aliphatic heterocycles. The molecule has 0 aliphatic carbocycles. The lowest BCUT2D eigenvalue weighted by atomic mass is 10.0. The Morgan fingerprint density at radius 3 is 2.40 bits per heavy atom. The number of phenolic OH excluding ortho intramolecular Hbond substituents is 1. The number of hydrogen-bond donors (Lipinski definition) is 2. The van der Waals surface area contributed by atoms with E-state index in [9.17, 15) is 9.90 Å². The van der Waals surface area contributed by atoms with E-state index in [4.69, 9.17) is 21.4 Å². The standard InChI is InChI=1S/C15H13ClO4/c16-14-4-2-1-3-12(14)13(15(18)19)9-20-11-7-5-10(17)6-8-11/h1-8,13,17H,9H2,(H,18,19). The summed E-state index contributed by atoms with van der Waals surface area (Å²) in [6.45, 7) is -0.0379. The molecule has 20 heavy (non-hydrogen) atoms. The highest BCUT2D eigenvalue weighted by Crippen LogP contribution is 2.26. The van der Waals surface area contributed by atoms with Gasteiger partial charge in [-0.25, -0.2) is 0 Å². The van der Waals surface area contributed by atoms with E-state index in [0.717, 1.165) is 0 Å². The predicted molar refractivity (Wildman–Crippen MR) is 75.4 cm³/mol. The van der Waals surface area contributed by atoms with Crippen molar-refractivity contribution in [3.8, 4) is 11.5 Å². The van der Waals surface area contributed by atoms with Gasteiger partial charge in [-0.15, -0.1) is 0 Å². The lowest BCUT2D eigenvalue weighted by molar-refractivity contribution is -0.139. The third-order valence-corrected chi connectivity index (χ3v) is 3.18. The molecule has 1 unspecified atom stereocenters. The maximum atomic E-state index is 11.3. The van der Waals surface area contributed by atoms with Gasteiger partial charge in [0.05, 0.1) is 0 Å². The Morgan fingerprint density at radius 1 is 1.15 bits per heavy atom. The van der Waals surface area contributed by atoms with E-state index in [1.54, 1.807) is 36.4 Å². The largest absolute Gasteiger partial charge is 0.508 e. The fourth-order valence-electron chi connectivity index (χ4n) is 1.77. The summed E-state index contributed by atoms with van der Waals surface area (Å²) in [4.78, 5) is 11.3. The van der Waals surface area contributed by atoms with Crippen LogP contribution in [0, 0.1) is 0 Å². The Hall–Kier alpha value is -2.20. The molecule has 0 saturated carbocycles. The first kappa shape index (κ1) is 14.2. The molecule has 0 saturated heterocycles. The Labute approximate surface area is 121 Å². The molecule has 2 aromatic rings. The van der Waals surface area contributed by atoms with Crippen molar-refractivity contribution in [1.29, 1.82) is 0 Å². The van der Waals surface area contributed by atoms with Crippen molar-refractivity contribution in [2.24, 2.45) is 0 Å². The van der Waals surface area contributed by atoms with Crippen LogP contribution in [-0.4, -0.2) is 22.8 Å². The van der Waals surface area contributed by atoms with Crippen molar-refractivity contribution in [3.05, 3.63) is 59.1 Å². The first-order valence-electron chi connectivity index (χ1n) is 5.97. The molecule has 2 N–H and O–H groups in total. The van der Waals surface area contributed by atoms with E-state index < -0.39 is 11.9 Å². The number of carboxylic acids is 1. The first-order chi connectivity index (χ1) is 9.58. The second-order valence-corrected chi connectivity index (χ2v) is 4.62. The SMILES string of the molecule is O=C(O)C(COc1ccc(O)cc1)c1ccccc1Cl. The number of rotatable bonds is 5. The number of benzene rings is 2. The monoisotopic (exact) mass is 292 g/mol. The van der Waals surface area contributed by atoms with Crippen LogP contribution in [0.25, 0.3) is 0 Å². The van der Waals surface area contributed by atoms with E-state index >= 15 is 0 Å². The molecule has 5 heteroatoms. The number of ether oxygens (including phenoxy) is 1. The molecule has 0 aliphatic rings. The van der Waals surface area contributed by atoms with Gasteiger partial charge >= 0.3 is 5.97 Å². The number of phenols is 1. The quantitative estimate of drug-likeness (QED) is 0.887. The third kappa shape index (κ3) is 3.42. The van der Waals surface area contributed by atoms with Gasteiger partial charge in [0.1, 0.15) is 24.0 Å². The van der Waals surface area contributed by atoms with Gasteiger partial charge in [0.25, 0.3) is 0 Å². The van der Waals surface area contributed by atoms with Gasteiger partial charge in [-0.3, -0.25) is 4.79 Å². The normalized spacial score (nSPS) is 11.8. The summed E-state index contributed by atoms with van der Waals surface area (Å²) < 4.78 is 5.44. The fourth-order valence-corrected chi connectivity index (χ4v) is 2.04. The van der Waals surface area contributed by atoms with Crippen LogP contribution in [0.1, 0.15) is 11.5 Å². The van der Waals surface area contributed by atoms with E-state index in [0.29, 0.717) is 16.3 Å². The molecular formula is C15H13ClO4. The summed E-state index contributed by atoms with van der Waals surface area (Å²) in [6.07, 6.45) is 0. The van der Waals surface area contributed by atoms with Crippen LogP contribution >= 0.6 is 11.6 Å². The van der Waals surface area contributed by atoms with Crippen molar-refractivity contribution in [2.75, 3.05) is 6.61 Å². The lowest BCUT2D eigenvalue weighted by Crippen LogP contribution is -2.19. The molecule has 1 atom stereocenters. The number of aromatic hydroxyl groups is 1. The van der Waals surface area contributed by atoms with Crippen molar-refractivity contribution in [3.63, 3.8) is 0 Å². The van der Waals surface area contributed by atoms with Gasteiger partial charge in [-0.2, -0.15) is 0 Å². The number of carbonyl (C=O) groups is 1. The number of carboxylic acid groups (broad SMARTS) is 1. The van der Waals surface area contributed by atoms with Crippen LogP contribution in [0.3, 0.4) is 0 Å². The van der Waals surface area contributed by atoms with Crippen molar-refractivity contribution >= 4 is 17.6 Å². The summed E-state index contributed by atoms with van der Waals surface area (Å²) in [7, 11) is 0. The fraction of sp³-hybridized carbons (Fsp3) is 0.133. The second-order valence-electron chi connectivity index (χ2n) is 4.22. The Kier molecular flexibility index (Phi) is 4.48. The van der Waals surface area contributed by atoms with E-state index in [-0.39, 0.29) is 12.4 Å². The number of halogens is 1. The first-order valence-corrected chi connectivity index (χ1v) is 6.35. The van der Waals surface area contributed by atoms with E-state index in [1.165, 1.54) is 12.1 Å². The molecule has 104 valence electrons. The zero-order valence-corrected chi connectivity index (χ0v) is 11.2. The molecule has 0 amide bonds. The maximum absolute atomic E-state index is 11.3. The highest BCUT2D eigenvalue weighted by atomic mass is 35.5. The number of aliphatic carboxylic acids is 1. The van der Waals surface area contributed by atoms with Crippen LogP contribution in [0.15, 0.2) is 48.5 Å². The Bertz CT molecular complexity index is 595. The summed E-state index contributed by atoms with van der Waals surface area (Å²) >= 11 is 6.01. The van der Waals surface area contributed by atoms with Gasteiger partial charge < -0.3 is 14.9 Å². The molecular weight excluding hydrogens is 280 g/mol. The smallest absolute Gasteiger partial charge is 0.314 e.